The zero-order valence-electron chi connectivity index (χ0n) is 16.9. The van der Waals surface area contributed by atoms with Gasteiger partial charge in [0.25, 0.3) is 0 Å². The largest absolute Gasteiger partial charge is 0.507 e. The van der Waals surface area contributed by atoms with Crippen LogP contribution in [0.1, 0.15) is 23.7 Å². The minimum Gasteiger partial charge on any atom is -0.507 e. The Morgan fingerprint density at radius 2 is 1.66 bits per heavy atom. The number of phenols is 1. The van der Waals surface area contributed by atoms with E-state index in [1.165, 1.54) is 19.1 Å². The second-order valence-electron chi connectivity index (χ2n) is 5.58. The van der Waals surface area contributed by atoms with Crippen molar-refractivity contribution in [1.82, 2.24) is 5.16 Å². The van der Waals surface area contributed by atoms with Gasteiger partial charge in [-0.2, -0.15) is 0 Å². The van der Waals surface area contributed by atoms with Crippen molar-refractivity contribution < 1.29 is 42.2 Å². The molecule has 177 valence electrons. The summed E-state index contributed by atoms with van der Waals surface area (Å²) in [5.41, 5.74) is 2.44. The monoisotopic (exact) mass is 998 g/mol. The Labute approximate surface area is 260 Å². The van der Waals surface area contributed by atoms with E-state index in [0.29, 0.717) is 11.1 Å². The van der Waals surface area contributed by atoms with Crippen LogP contribution in [0.4, 0.5) is 8.78 Å². The van der Waals surface area contributed by atoms with Gasteiger partial charge in [0.05, 0.1) is 15.9 Å². The second-order valence-corrected chi connectivity index (χ2v) is 17.3. The Hall–Kier alpha value is 1.02. The van der Waals surface area contributed by atoms with E-state index in [9.17, 15) is 13.9 Å². The quantitative estimate of drug-likeness (QED) is 0.0639. The number of phenolic OH excluding ortho intramolecular Hbond substituents is 1. The number of hydrogen-bond acceptors (Lipinski definition) is 5. The number of alkyl halides is 3. The zero-order valence-corrected chi connectivity index (χ0v) is 28.5. The van der Waals surface area contributed by atoms with Crippen LogP contribution in [0.2, 0.25) is 0 Å². The van der Waals surface area contributed by atoms with Crippen molar-refractivity contribution in [1.29, 1.82) is 0 Å². The molecule has 0 fully saturated rings. The molecule has 0 aliphatic heterocycles. The van der Waals surface area contributed by atoms with Crippen LogP contribution in [0.15, 0.2) is 38.4 Å². The smallest absolute Gasteiger partial charge is 0.170 e. The van der Waals surface area contributed by atoms with Crippen molar-refractivity contribution >= 4 is 123 Å². The van der Waals surface area contributed by atoms with Gasteiger partial charge in [0.2, 0.25) is 0 Å². The fraction of sp³-hybridized carbons (Fsp3) is 0.211. The van der Waals surface area contributed by atoms with Crippen LogP contribution in [0.5, 0.6) is 5.75 Å². The van der Waals surface area contributed by atoms with Crippen molar-refractivity contribution in [3.63, 3.8) is 0 Å². The standard InChI is InChI=1S/C9H8FNO.C8H7BrFNO2.CHI3.CH2I.V/c1-5-3-7-6(2)11-12-9(7)4-8(5)10;1-4(11-13)5-2-6(9)7(10)3-8(5)12;2-1(3)4;1-2;/h3-4H,1-2H3;2-3,12-13H,1H3;1H;1H2;/q;;;-1;/b;11-4+;;;. The molecule has 5 nitrogen and oxygen atoms in total. The number of hydrogen-bond donors (Lipinski definition) is 2. The van der Waals surface area contributed by atoms with Crippen molar-refractivity contribution in [2.24, 2.45) is 5.16 Å². The Balaban J connectivity index is 0. The predicted molar refractivity (Wildman–Crippen MR) is 158 cm³/mol. The fourth-order valence-corrected chi connectivity index (χ4v) is 2.41. The molecule has 32 heavy (non-hydrogen) atoms. The number of halogens is 7. The first kappa shape index (κ1) is 35.2. The average Bonchev–Trinajstić information content (AvgIpc) is 3.06. The first-order valence-electron chi connectivity index (χ1n) is 8.06. The van der Waals surface area contributed by atoms with Gasteiger partial charge in [-0.05, 0) is 54.4 Å². The molecule has 0 unspecified atom stereocenters. The van der Waals surface area contributed by atoms with Crippen LogP contribution >= 0.6 is 106 Å². The maximum atomic E-state index is 13.0. The van der Waals surface area contributed by atoms with Gasteiger partial charge in [0.15, 0.2) is 5.58 Å². The molecule has 3 rings (SSSR count). The number of nitrogens with zero attached hydrogens (tertiary/aromatic N) is 2. The molecule has 13 heteroatoms. The van der Waals surface area contributed by atoms with E-state index >= 15 is 0 Å². The maximum Gasteiger partial charge on any atom is 0.170 e. The van der Waals surface area contributed by atoms with E-state index in [2.05, 4.69) is 98.9 Å². The van der Waals surface area contributed by atoms with Gasteiger partial charge >= 0.3 is 0 Å². The minimum absolute atomic E-state index is 0. The summed E-state index contributed by atoms with van der Waals surface area (Å²) < 4.78 is 31.6. The first-order chi connectivity index (χ1) is 14.5. The van der Waals surface area contributed by atoms with Crippen LogP contribution in [-0.4, -0.2) is 21.1 Å². The number of aromatic nitrogens is 1. The van der Waals surface area contributed by atoms with E-state index < -0.39 is 5.82 Å². The maximum absolute atomic E-state index is 13.0. The van der Waals surface area contributed by atoms with Crippen LogP contribution in [-0.2, 0) is 18.6 Å². The number of benzene rings is 2. The van der Waals surface area contributed by atoms with Crippen LogP contribution in [0.25, 0.3) is 11.0 Å². The molecule has 3 aromatic rings. The molecule has 0 bridgehead atoms. The molecule has 2 N–H and O–H groups in total. The molecular formula is C19H18BrF2I4N2O3V-. The van der Waals surface area contributed by atoms with E-state index in [1.54, 1.807) is 13.0 Å². The summed E-state index contributed by atoms with van der Waals surface area (Å²) in [7, 11) is 0. The van der Waals surface area contributed by atoms with E-state index in [-0.39, 0.29) is 45.9 Å². The molecule has 0 aliphatic rings. The van der Waals surface area contributed by atoms with E-state index in [1.807, 2.05) is 29.5 Å². The normalized spacial score (nSPS) is 10.2. The number of rotatable bonds is 1. The SMILES string of the molecule is C/C(=N\O)c1cc(Br)c(F)cc1O.Cc1cc2c(C)noc2cc1F.IC(I)I.[CH2-]I.[V]. The number of aryl methyl sites for hydroxylation is 2. The summed E-state index contributed by atoms with van der Waals surface area (Å²) in [5, 5.41) is 25.2. The van der Waals surface area contributed by atoms with Gasteiger partial charge in [-0.1, -0.05) is 78.1 Å². The third-order valence-electron chi connectivity index (χ3n) is 3.51. The van der Waals surface area contributed by atoms with Crippen molar-refractivity contribution in [2.45, 2.75) is 20.7 Å². The van der Waals surface area contributed by atoms with Crippen molar-refractivity contribution in [2.75, 3.05) is 0 Å². The summed E-state index contributed by atoms with van der Waals surface area (Å²) >= 11 is 11.8. The van der Waals surface area contributed by atoms with Gasteiger partial charge in [-0.25, -0.2) is 8.78 Å². The van der Waals surface area contributed by atoms with Gasteiger partial charge in [0.1, 0.15) is 17.3 Å². The van der Waals surface area contributed by atoms with Crippen LogP contribution in [0.3, 0.4) is 0 Å². The number of oxime groups is 1. The number of fused-ring (bicyclic) bond motifs is 1. The molecule has 1 radical (unpaired) electrons. The topological polar surface area (TPSA) is 78.9 Å². The van der Waals surface area contributed by atoms with Crippen molar-refractivity contribution in [3.8, 4) is 5.75 Å². The Kier molecular flexibility index (Phi) is 20.1. The average molecular weight is 999 g/mol. The summed E-state index contributed by atoms with van der Waals surface area (Å²) in [5.74, 6) is -1.07. The molecule has 0 atom stereocenters. The molecule has 1 heterocycles. The van der Waals surface area contributed by atoms with Crippen LogP contribution in [0, 0.1) is 30.4 Å². The molecule has 0 amide bonds. The summed E-state index contributed by atoms with van der Waals surface area (Å²) in [6.07, 6.45) is 0. The Morgan fingerprint density at radius 3 is 2.16 bits per heavy atom. The molecule has 2 aromatic carbocycles. The van der Waals surface area contributed by atoms with E-state index in [4.69, 9.17) is 9.73 Å². The molecular weight excluding hydrogens is 981 g/mol. The third-order valence-corrected chi connectivity index (χ3v) is 4.12. The zero-order chi connectivity index (χ0) is 24.3. The summed E-state index contributed by atoms with van der Waals surface area (Å²) in [6, 6.07) is 5.41. The predicted octanol–water partition coefficient (Wildman–Crippen LogP) is 8.86. The van der Waals surface area contributed by atoms with Crippen molar-refractivity contribution in [3.05, 3.63) is 62.1 Å². The Bertz CT molecular complexity index is 1020. The first-order valence-corrected chi connectivity index (χ1v) is 14.1. The van der Waals surface area contributed by atoms with E-state index in [0.717, 1.165) is 17.1 Å². The summed E-state index contributed by atoms with van der Waals surface area (Å²) in [4.78, 5) is 3.22. The molecule has 1 aromatic heterocycles. The Morgan fingerprint density at radius 1 is 1.12 bits per heavy atom. The van der Waals surface area contributed by atoms with Gasteiger partial charge in [-0.15, -0.1) is 0 Å². The molecule has 0 saturated carbocycles. The van der Waals surface area contributed by atoms with Gasteiger partial charge < -0.3 is 37.4 Å². The van der Waals surface area contributed by atoms with Gasteiger partial charge in [0, 0.05) is 41.6 Å². The van der Waals surface area contributed by atoms with Crippen LogP contribution < -0.4 is 0 Å². The molecule has 0 aliphatic carbocycles. The summed E-state index contributed by atoms with van der Waals surface area (Å²) in [6.45, 7) is 5.06. The second kappa shape index (κ2) is 18.3. The van der Waals surface area contributed by atoms with Gasteiger partial charge in [-0.3, -0.25) is 4.93 Å². The molecule has 0 saturated heterocycles. The molecule has 0 spiro atoms. The fourth-order valence-electron chi connectivity index (χ4n) is 2.07. The number of aromatic hydroxyl groups is 1. The minimum atomic E-state index is -0.563. The third kappa shape index (κ3) is 12.1.